The normalized spacial score (nSPS) is 13.2. The molecule has 0 fully saturated rings. The number of anilines is 1. The van der Waals surface area contributed by atoms with Gasteiger partial charge in [0, 0.05) is 34.1 Å². The van der Waals surface area contributed by atoms with Crippen LogP contribution in [-0.4, -0.2) is 34.6 Å². The summed E-state index contributed by atoms with van der Waals surface area (Å²) in [5, 5.41) is 7.93. The van der Waals surface area contributed by atoms with E-state index >= 15 is 0 Å². The number of nitrogens with one attached hydrogen (secondary N) is 1. The van der Waals surface area contributed by atoms with Gasteiger partial charge in [0.05, 0.1) is 12.2 Å². The molecular formula is C25H24ClN3O5. The van der Waals surface area contributed by atoms with Crippen molar-refractivity contribution in [3.63, 3.8) is 0 Å². The average Bonchev–Trinajstić information content (AvgIpc) is 3.37. The van der Waals surface area contributed by atoms with Gasteiger partial charge in [-0.2, -0.15) is 5.10 Å². The lowest BCUT2D eigenvalue weighted by Gasteiger charge is -2.12. The van der Waals surface area contributed by atoms with Crippen molar-refractivity contribution in [1.82, 2.24) is 9.78 Å². The number of carbonyl (C=O) groups excluding carboxylic acids is 2. The van der Waals surface area contributed by atoms with Crippen LogP contribution in [0.4, 0.5) is 5.69 Å². The second kappa shape index (κ2) is 10.0. The summed E-state index contributed by atoms with van der Waals surface area (Å²) in [6.07, 6.45) is 1.94. The average molecular weight is 482 g/mol. The molecule has 1 aliphatic heterocycles. The van der Waals surface area contributed by atoms with Crippen molar-refractivity contribution in [2.24, 2.45) is 0 Å². The molecule has 3 aromatic rings. The molecule has 8 nitrogen and oxygen atoms in total. The smallest absolute Gasteiger partial charge is 0.331 e. The molecule has 176 valence electrons. The number of amides is 1. The van der Waals surface area contributed by atoms with Crippen LogP contribution in [0.5, 0.6) is 11.5 Å². The first-order chi connectivity index (χ1) is 16.3. The largest absolute Gasteiger partial charge is 0.454 e. The number of hydrogen-bond donors (Lipinski definition) is 1. The van der Waals surface area contributed by atoms with E-state index in [1.165, 1.54) is 13.0 Å². The van der Waals surface area contributed by atoms with Gasteiger partial charge in [0.1, 0.15) is 0 Å². The molecule has 0 aliphatic carbocycles. The highest BCUT2D eigenvalue weighted by Crippen LogP contribution is 2.34. The molecule has 1 amide bonds. The Morgan fingerprint density at radius 3 is 2.76 bits per heavy atom. The maximum absolute atomic E-state index is 12.4. The molecule has 4 rings (SSSR count). The molecule has 0 bridgehead atoms. The summed E-state index contributed by atoms with van der Waals surface area (Å²) in [6, 6.07) is 12.6. The minimum absolute atomic E-state index is 0.144. The van der Waals surface area contributed by atoms with Gasteiger partial charge >= 0.3 is 5.97 Å². The SMILES string of the molecule is Cc1nn(Cc2ccccc2Cl)c(C)c1/C=C/C(=O)OC(C)C(=O)Nc1ccc2c(c1)OCO2. The highest BCUT2D eigenvalue weighted by Gasteiger charge is 2.19. The van der Waals surface area contributed by atoms with Crippen LogP contribution in [-0.2, 0) is 20.9 Å². The van der Waals surface area contributed by atoms with E-state index in [0.29, 0.717) is 28.8 Å². The quantitative estimate of drug-likeness (QED) is 0.394. The predicted molar refractivity (Wildman–Crippen MR) is 128 cm³/mol. The zero-order chi connectivity index (χ0) is 24.2. The first kappa shape index (κ1) is 23.4. The van der Waals surface area contributed by atoms with Crippen LogP contribution in [0.25, 0.3) is 6.08 Å². The minimum atomic E-state index is -0.993. The molecule has 0 radical (unpaired) electrons. The number of aromatic nitrogens is 2. The second-order valence-corrected chi connectivity index (χ2v) is 8.21. The van der Waals surface area contributed by atoms with E-state index in [1.807, 2.05) is 42.8 Å². The van der Waals surface area contributed by atoms with Gasteiger partial charge in [-0.05, 0) is 50.6 Å². The molecule has 1 aliphatic rings. The fourth-order valence-corrected chi connectivity index (χ4v) is 3.73. The molecule has 0 saturated heterocycles. The fourth-order valence-electron chi connectivity index (χ4n) is 3.53. The number of nitrogens with zero attached hydrogens (tertiary/aromatic N) is 2. The Hall–Kier alpha value is -3.78. The summed E-state index contributed by atoms with van der Waals surface area (Å²) in [4.78, 5) is 24.8. The molecule has 0 spiro atoms. The molecular weight excluding hydrogens is 458 g/mol. The molecule has 2 heterocycles. The lowest BCUT2D eigenvalue weighted by molar-refractivity contribution is -0.148. The zero-order valence-electron chi connectivity index (χ0n) is 19.0. The van der Waals surface area contributed by atoms with E-state index < -0.39 is 18.0 Å². The summed E-state index contributed by atoms with van der Waals surface area (Å²) in [5.74, 6) is 0.0705. The van der Waals surface area contributed by atoms with E-state index in [1.54, 1.807) is 24.3 Å². The van der Waals surface area contributed by atoms with Gasteiger partial charge in [-0.25, -0.2) is 4.79 Å². The van der Waals surface area contributed by atoms with Crippen molar-refractivity contribution >= 4 is 35.2 Å². The number of halogens is 1. The first-order valence-electron chi connectivity index (χ1n) is 10.7. The van der Waals surface area contributed by atoms with E-state index in [-0.39, 0.29) is 6.79 Å². The lowest BCUT2D eigenvalue weighted by atomic mass is 10.1. The van der Waals surface area contributed by atoms with Crippen LogP contribution in [0.2, 0.25) is 5.02 Å². The third kappa shape index (κ3) is 5.23. The monoisotopic (exact) mass is 481 g/mol. The number of hydrogen-bond acceptors (Lipinski definition) is 6. The van der Waals surface area contributed by atoms with Gasteiger partial charge in [-0.15, -0.1) is 0 Å². The molecule has 2 aromatic carbocycles. The molecule has 1 N–H and O–H groups in total. The molecule has 1 atom stereocenters. The minimum Gasteiger partial charge on any atom is -0.454 e. The first-order valence-corrected chi connectivity index (χ1v) is 11.1. The maximum Gasteiger partial charge on any atom is 0.331 e. The Morgan fingerprint density at radius 1 is 1.21 bits per heavy atom. The van der Waals surface area contributed by atoms with Gasteiger partial charge < -0.3 is 19.5 Å². The van der Waals surface area contributed by atoms with Crippen molar-refractivity contribution in [3.05, 3.63) is 76.1 Å². The number of esters is 1. The second-order valence-electron chi connectivity index (χ2n) is 7.80. The number of carbonyl (C=O) groups is 2. The number of benzene rings is 2. The van der Waals surface area contributed by atoms with Gasteiger partial charge in [-0.1, -0.05) is 29.8 Å². The predicted octanol–water partition coefficient (Wildman–Crippen LogP) is 4.51. The third-order valence-electron chi connectivity index (χ3n) is 5.40. The molecule has 1 aromatic heterocycles. The topological polar surface area (TPSA) is 91.7 Å². The van der Waals surface area contributed by atoms with Crippen LogP contribution >= 0.6 is 11.6 Å². The molecule has 9 heteroatoms. The van der Waals surface area contributed by atoms with Crippen LogP contribution < -0.4 is 14.8 Å². The van der Waals surface area contributed by atoms with Crippen LogP contribution in [0.3, 0.4) is 0 Å². The van der Waals surface area contributed by atoms with Gasteiger partial charge in [0.15, 0.2) is 17.6 Å². The van der Waals surface area contributed by atoms with Crippen molar-refractivity contribution < 1.29 is 23.8 Å². The Morgan fingerprint density at radius 2 is 1.97 bits per heavy atom. The number of fused-ring (bicyclic) bond motifs is 1. The Labute approximate surface area is 202 Å². The summed E-state index contributed by atoms with van der Waals surface area (Å²) in [6.45, 7) is 5.95. The third-order valence-corrected chi connectivity index (χ3v) is 5.77. The van der Waals surface area contributed by atoms with Gasteiger partial charge in [-0.3, -0.25) is 9.48 Å². The number of ether oxygens (including phenoxy) is 3. The fraction of sp³-hybridized carbons (Fsp3) is 0.240. The zero-order valence-corrected chi connectivity index (χ0v) is 19.8. The van der Waals surface area contributed by atoms with Crippen LogP contribution in [0.1, 0.15) is 29.4 Å². The number of rotatable bonds is 7. The Kier molecular flexibility index (Phi) is 6.88. The number of aryl methyl sites for hydroxylation is 1. The lowest BCUT2D eigenvalue weighted by Crippen LogP contribution is -2.29. The standard InChI is InChI=1S/C25H24ClN3O5/c1-15-20(16(2)29(28-15)13-18-6-4-5-7-21(18)26)9-11-24(30)34-17(3)25(31)27-19-8-10-22-23(12-19)33-14-32-22/h4-12,17H,13-14H2,1-3H3,(H,27,31)/b11-9+. The Balaban J connectivity index is 1.36. The summed E-state index contributed by atoms with van der Waals surface area (Å²) >= 11 is 6.26. The molecule has 1 unspecified atom stereocenters. The van der Waals surface area contributed by atoms with Crippen LogP contribution in [0, 0.1) is 13.8 Å². The molecule has 34 heavy (non-hydrogen) atoms. The van der Waals surface area contributed by atoms with Gasteiger partial charge in [0.2, 0.25) is 6.79 Å². The highest BCUT2D eigenvalue weighted by molar-refractivity contribution is 6.31. The highest BCUT2D eigenvalue weighted by atomic mass is 35.5. The summed E-state index contributed by atoms with van der Waals surface area (Å²) in [5.41, 5.74) is 3.93. The summed E-state index contributed by atoms with van der Waals surface area (Å²) < 4.78 is 17.6. The summed E-state index contributed by atoms with van der Waals surface area (Å²) in [7, 11) is 0. The molecule has 0 saturated carbocycles. The van der Waals surface area contributed by atoms with Crippen molar-refractivity contribution in [2.75, 3.05) is 12.1 Å². The van der Waals surface area contributed by atoms with E-state index in [9.17, 15) is 9.59 Å². The van der Waals surface area contributed by atoms with E-state index in [2.05, 4.69) is 10.4 Å². The van der Waals surface area contributed by atoms with Crippen molar-refractivity contribution in [1.29, 1.82) is 0 Å². The van der Waals surface area contributed by atoms with E-state index in [4.69, 9.17) is 25.8 Å². The van der Waals surface area contributed by atoms with Gasteiger partial charge in [0.25, 0.3) is 5.91 Å². The van der Waals surface area contributed by atoms with Crippen molar-refractivity contribution in [3.8, 4) is 11.5 Å². The Bertz CT molecular complexity index is 1270. The maximum atomic E-state index is 12.4. The van der Waals surface area contributed by atoms with Crippen LogP contribution in [0.15, 0.2) is 48.5 Å². The van der Waals surface area contributed by atoms with E-state index in [0.717, 1.165) is 22.5 Å². The van der Waals surface area contributed by atoms with Crippen molar-refractivity contribution in [2.45, 2.75) is 33.4 Å².